The van der Waals surface area contributed by atoms with Crippen molar-refractivity contribution in [3.63, 3.8) is 0 Å². The van der Waals surface area contributed by atoms with Crippen LogP contribution >= 0.6 is 0 Å². The molecular formula is C17H19FN2O2. The standard InChI is InChI=1S/C17H19FN2O2/c1-12-2-4-13(5-3-12)10-19-17(22)20-11-16(21)14-6-8-15(18)9-7-14/h2-9,16,21H,10-11H2,1H3,(H2,19,20,22). The predicted octanol–water partition coefficient (Wildman–Crippen LogP) is 2.67. The number of hydrogen-bond acceptors (Lipinski definition) is 2. The highest BCUT2D eigenvalue weighted by molar-refractivity contribution is 5.73. The van der Waals surface area contributed by atoms with Gasteiger partial charge in [-0.2, -0.15) is 0 Å². The Labute approximate surface area is 129 Å². The van der Waals surface area contributed by atoms with Crippen molar-refractivity contribution < 1.29 is 14.3 Å². The van der Waals surface area contributed by atoms with Crippen molar-refractivity contribution >= 4 is 6.03 Å². The van der Waals surface area contributed by atoms with Gasteiger partial charge in [-0.05, 0) is 30.2 Å². The number of hydrogen-bond donors (Lipinski definition) is 3. The molecule has 0 fully saturated rings. The average molecular weight is 302 g/mol. The highest BCUT2D eigenvalue weighted by Crippen LogP contribution is 2.12. The van der Waals surface area contributed by atoms with E-state index in [2.05, 4.69) is 10.6 Å². The average Bonchev–Trinajstić information content (AvgIpc) is 2.52. The topological polar surface area (TPSA) is 61.4 Å². The molecular weight excluding hydrogens is 283 g/mol. The zero-order valence-corrected chi connectivity index (χ0v) is 12.3. The van der Waals surface area contributed by atoms with Crippen LogP contribution in [0.2, 0.25) is 0 Å². The summed E-state index contributed by atoms with van der Waals surface area (Å²) in [5.41, 5.74) is 2.72. The fraction of sp³-hybridized carbons (Fsp3) is 0.235. The maximum absolute atomic E-state index is 12.8. The van der Waals surface area contributed by atoms with Gasteiger partial charge < -0.3 is 15.7 Å². The quantitative estimate of drug-likeness (QED) is 0.795. The fourth-order valence-corrected chi connectivity index (χ4v) is 1.94. The molecule has 1 unspecified atom stereocenters. The summed E-state index contributed by atoms with van der Waals surface area (Å²) in [6.07, 6.45) is -0.870. The minimum Gasteiger partial charge on any atom is -0.387 e. The molecule has 5 heteroatoms. The van der Waals surface area contributed by atoms with Gasteiger partial charge in [-0.15, -0.1) is 0 Å². The van der Waals surface area contributed by atoms with Crippen LogP contribution < -0.4 is 10.6 Å². The third kappa shape index (κ3) is 4.86. The highest BCUT2D eigenvalue weighted by Gasteiger charge is 2.09. The zero-order valence-electron chi connectivity index (χ0n) is 12.3. The van der Waals surface area contributed by atoms with Crippen LogP contribution in [-0.2, 0) is 6.54 Å². The molecule has 2 aromatic carbocycles. The minimum absolute atomic E-state index is 0.0609. The van der Waals surface area contributed by atoms with Gasteiger partial charge in [0.05, 0.1) is 6.10 Å². The number of benzene rings is 2. The molecule has 3 N–H and O–H groups in total. The molecule has 116 valence electrons. The summed E-state index contributed by atoms with van der Waals surface area (Å²) in [5.74, 6) is -0.361. The van der Waals surface area contributed by atoms with Crippen molar-refractivity contribution in [3.05, 3.63) is 71.0 Å². The summed E-state index contributed by atoms with van der Waals surface area (Å²) in [6.45, 7) is 2.48. The molecule has 0 aliphatic rings. The van der Waals surface area contributed by atoms with Crippen LogP contribution in [0.25, 0.3) is 0 Å². The normalized spacial score (nSPS) is 11.8. The smallest absolute Gasteiger partial charge is 0.315 e. The van der Waals surface area contributed by atoms with Crippen molar-refractivity contribution in [1.82, 2.24) is 10.6 Å². The van der Waals surface area contributed by atoms with Crippen molar-refractivity contribution in [2.24, 2.45) is 0 Å². The van der Waals surface area contributed by atoms with Crippen LogP contribution in [0.3, 0.4) is 0 Å². The Hall–Kier alpha value is -2.40. The Morgan fingerprint density at radius 3 is 2.36 bits per heavy atom. The molecule has 0 saturated carbocycles. The fourth-order valence-electron chi connectivity index (χ4n) is 1.94. The lowest BCUT2D eigenvalue weighted by Crippen LogP contribution is -2.37. The van der Waals surface area contributed by atoms with Crippen molar-refractivity contribution in [3.8, 4) is 0 Å². The van der Waals surface area contributed by atoms with Gasteiger partial charge in [-0.3, -0.25) is 0 Å². The number of rotatable bonds is 5. The van der Waals surface area contributed by atoms with Gasteiger partial charge in [0, 0.05) is 13.1 Å². The largest absolute Gasteiger partial charge is 0.387 e. The Morgan fingerprint density at radius 1 is 1.09 bits per heavy atom. The van der Waals surface area contributed by atoms with Crippen molar-refractivity contribution in [1.29, 1.82) is 0 Å². The summed E-state index contributed by atoms with van der Waals surface area (Å²) >= 11 is 0. The summed E-state index contributed by atoms with van der Waals surface area (Å²) in [7, 11) is 0. The number of aliphatic hydroxyl groups excluding tert-OH is 1. The van der Waals surface area contributed by atoms with E-state index in [-0.39, 0.29) is 18.4 Å². The molecule has 0 bridgehead atoms. The SMILES string of the molecule is Cc1ccc(CNC(=O)NCC(O)c2ccc(F)cc2)cc1. The van der Waals surface area contributed by atoms with E-state index in [9.17, 15) is 14.3 Å². The van der Waals surface area contributed by atoms with Gasteiger partial charge in [-0.25, -0.2) is 9.18 Å². The van der Waals surface area contributed by atoms with E-state index in [0.717, 1.165) is 11.1 Å². The summed E-state index contributed by atoms with van der Waals surface area (Å²) in [6, 6.07) is 13.0. The number of aryl methyl sites for hydroxylation is 1. The summed E-state index contributed by atoms with van der Waals surface area (Å²) in [4.78, 5) is 11.7. The minimum atomic E-state index is -0.870. The summed E-state index contributed by atoms with van der Waals surface area (Å²) < 4.78 is 12.8. The highest BCUT2D eigenvalue weighted by atomic mass is 19.1. The molecule has 0 aliphatic carbocycles. The van der Waals surface area contributed by atoms with Crippen LogP contribution in [0.5, 0.6) is 0 Å². The lowest BCUT2D eigenvalue weighted by molar-refractivity contribution is 0.173. The van der Waals surface area contributed by atoms with Gasteiger partial charge in [-0.1, -0.05) is 42.0 Å². The Morgan fingerprint density at radius 2 is 1.73 bits per heavy atom. The van der Waals surface area contributed by atoms with E-state index in [1.807, 2.05) is 31.2 Å². The van der Waals surface area contributed by atoms with Gasteiger partial charge in [0.15, 0.2) is 0 Å². The molecule has 0 aromatic heterocycles. The van der Waals surface area contributed by atoms with E-state index >= 15 is 0 Å². The molecule has 4 nitrogen and oxygen atoms in total. The number of nitrogens with one attached hydrogen (secondary N) is 2. The van der Waals surface area contributed by atoms with Gasteiger partial charge >= 0.3 is 6.03 Å². The maximum atomic E-state index is 12.8. The molecule has 2 aromatic rings. The van der Waals surface area contributed by atoms with E-state index < -0.39 is 6.10 Å². The van der Waals surface area contributed by atoms with E-state index in [1.165, 1.54) is 24.3 Å². The van der Waals surface area contributed by atoms with Crippen LogP contribution in [-0.4, -0.2) is 17.7 Å². The van der Waals surface area contributed by atoms with Crippen LogP contribution in [0, 0.1) is 12.7 Å². The molecule has 0 radical (unpaired) electrons. The molecule has 2 rings (SSSR count). The number of carbonyl (C=O) groups excluding carboxylic acids is 1. The number of aliphatic hydroxyl groups is 1. The molecule has 1 atom stereocenters. The molecule has 0 aliphatic heterocycles. The van der Waals surface area contributed by atoms with E-state index in [4.69, 9.17) is 0 Å². The summed E-state index contributed by atoms with van der Waals surface area (Å²) in [5, 5.41) is 15.2. The second-order valence-electron chi connectivity index (χ2n) is 5.12. The Balaban J connectivity index is 1.75. The number of carbonyl (C=O) groups is 1. The molecule has 22 heavy (non-hydrogen) atoms. The first-order chi connectivity index (χ1) is 10.5. The van der Waals surface area contributed by atoms with Gasteiger partial charge in [0.1, 0.15) is 5.82 Å². The predicted molar refractivity (Wildman–Crippen MR) is 82.8 cm³/mol. The third-order valence-corrected chi connectivity index (χ3v) is 3.28. The van der Waals surface area contributed by atoms with Crippen molar-refractivity contribution in [2.75, 3.05) is 6.54 Å². The lowest BCUT2D eigenvalue weighted by Gasteiger charge is -2.13. The lowest BCUT2D eigenvalue weighted by atomic mass is 10.1. The number of urea groups is 1. The van der Waals surface area contributed by atoms with Crippen LogP contribution in [0.15, 0.2) is 48.5 Å². The van der Waals surface area contributed by atoms with Gasteiger partial charge in [0.2, 0.25) is 0 Å². The second kappa shape index (κ2) is 7.56. The number of amides is 2. The maximum Gasteiger partial charge on any atom is 0.315 e. The molecule has 2 amide bonds. The van der Waals surface area contributed by atoms with Crippen LogP contribution in [0.4, 0.5) is 9.18 Å². The van der Waals surface area contributed by atoms with E-state index in [0.29, 0.717) is 12.1 Å². The Bertz CT molecular complexity index is 612. The van der Waals surface area contributed by atoms with Gasteiger partial charge in [0.25, 0.3) is 0 Å². The molecule has 0 spiro atoms. The molecule has 0 heterocycles. The second-order valence-corrected chi connectivity index (χ2v) is 5.12. The third-order valence-electron chi connectivity index (χ3n) is 3.28. The number of halogens is 1. The van der Waals surface area contributed by atoms with E-state index in [1.54, 1.807) is 0 Å². The first-order valence-electron chi connectivity index (χ1n) is 7.05. The zero-order chi connectivity index (χ0) is 15.9. The first-order valence-corrected chi connectivity index (χ1v) is 7.05. The first kappa shape index (κ1) is 16.0. The van der Waals surface area contributed by atoms with Crippen molar-refractivity contribution in [2.45, 2.75) is 19.6 Å². The molecule has 0 saturated heterocycles. The Kier molecular flexibility index (Phi) is 5.49. The monoisotopic (exact) mass is 302 g/mol. The van der Waals surface area contributed by atoms with Crippen LogP contribution in [0.1, 0.15) is 22.8 Å².